The highest BCUT2D eigenvalue weighted by Crippen LogP contribution is 2.36. The van der Waals surface area contributed by atoms with Gasteiger partial charge in [0.05, 0.1) is 11.2 Å². The number of hydrogen-bond donors (Lipinski definition) is 0. The highest BCUT2D eigenvalue weighted by molar-refractivity contribution is 6.62. The van der Waals surface area contributed by atoms with E-state index in [4.69, 9.17) is 9.31 Å². The minimum Gasteiger partial charge on any atom is -0.399 e. The van der Waals surface area contributed by atoms with Crippen LogP contribution in [0.1, 0.15) is 64.2 Å². The van der Waals surface area contributed by atoms with Crippen molar-refractivity contribution < 1.29 is 14.1 Å². The van der Waals surface area contributed by atoms with E-state index in [0.717, 1.165) is 23.9 Å². The predicted octanol–water partition coefficient (Wildman–Crippen LogP) is 3.36. The molecule has 0 aromatic heterocycles. The van der Waals surface area contributed by atoms with Crippen LogP contribution in [-0.2, 0) is 9.31 Å². The fourth-order valence-electron chi connectivity index (χ4n) is 2.29. The minimum absolute atomic E-state index is 0.206. The molecule has 3 nitrogen and oxygen atoms in total. The molecule has 0 aliphatic carbocycles. The average molecular weight is 288 g/mol. The lowest BCUT2D eigenvalue weighted by molar-refractivity contribution is 0.00578. The number of rotatable bonds is 5. The Morgan fingerprint density at radius 1 is 1.05 bits per heavy atom. The van der Waals surface area contributed by atoms with Gasteiger partial charge in [0.1, 0.15) is 0 Å². The molecule has 0 atom stereocenters. The maximum Gasteiger partial charge on any atom is 0.494 e. The average Bonchev–Trinajstić information content (AvgIpc) is 2.65. The van der Waals surface area contributed by atoms with Crippen LogP contribution in [0.4, 0.5) is 0 Å². The molecule has 114 valence electrons. The molecule has 2 rings (SSSR count). The van der Waals surface area contributed by atoms with E-state index >= 15 is 0 Å². The first-order valence-electron chi connectivity index (χ1n) is 7.75. The van der Waals surface area contributed by atoms with Gasteiger partial charge in [0.25, 0.3) is 0 Å². The first-order valence-corrected chi connectivity index (χ1v) is 7.75. The zero-order valence-corrected chi connectivity index (χ0v) is 13.7. The normalized spacial score (nSPS) is 19.8. The zero-order chi connectivity index (χ0) is 15.7. The van der Waals surface area contributed by atoms with E-state index in [0.29, 0.717) is 6.42 Å². The van der Waals surface area contributed by atoms with Gasteiger partial charge in [-0.15, -0.1) is 0 Å². The lowest BCUT2D eigenvalue weighted by atomic mass is 9.78. The zero-order valence-electron chi connectivity index (χ0n) is 13.7. The first-order chi connectivity index (χ1) is 9.77. The van der Waals surface area contributed by atoms with E-state index in [1.165, 1.54) is 0 Å². The monoisotopic (exact) mass is 288 g/mol. The van der Waals surface area contributed by atoms with Crippen LogP contribution >= 0.6 is 0 Å². The predicted molar refractivity (Wildman–Crippen MR) is 86.0 cm³/mol. The van der Waals surface area contributed by atoms with Gasteiger partial charge in [0, 0.05) is 12.0 Å². The van der Waals surface area contributed by atoms with Gasteiger partial charge in [-0.2, -0.15) is 0 Å². The molecule has 1 aliphatic heterocycles. The SMILES string of the molecule is CCCCC(=O)c1ccc(B2OC(C)(C)C(C)(C)O2)cc1. The van der Waals surface area contributed by atoms with Gasteiger partial charge in [0.15, 0.2) is 5.78 Å². The third-order valence-corrected chi connectivity index (χ3v) is 4.52. The van der Waals surface area contributed by atoms with Crippen molar-refractivity contribution in [1.29, 1.82) is 0 Å². The molecule has 0 N–H and O–H groups in total. The molecule has 1 fully saturated rings. The van der Waals surface area contributed by atoms with Crippen LogP contribution < -0.4 is 5.46 Å². The number of ketones is 1. The molecular weight excluding hydrogens is 263 g/mol. The lowest BCUT2D eigenvalue weighted by Gasteiger charge is -2.32. The van der Waals surface area contributed by atoms with Gasteiger partial charge >= 0.3 is 7.12 Å². The van der Waals surface area contributed by atoms with Crippen molar-refractivity contribution in [3.05, 3.63) is 29.8 Å². The van der Waals surface area contributed by atoms with E-state index < -0.39 is 0 Å². The van der Waals surface area contributed by atoms with Crippen LogP contribution in [0.15, 0.2) is 24.3 Å². The van der Waals surface area contributed by atoms with Crippen molar-refractivity contribution in [1.82, 2.24) is 0 Å². The Morgan fingerprint density at radius 2 is 1.57 bits per heavy atom. The number of hydrogen-bond acceptors (Lipinski definition) is 3. The summed E-state index contributed by atoms with van der Waals surface area (Å²) >= 11 is 0. The summed E-state index contributed by atoms with van der Waals surface area (Å²) in [6.45, 7) is 10.2. The first kappa shape index (κ1) is 16.2. The highest BCUT2D eigenvalue weighted by Gasteiger charge is 2.51. The van der Waals surface area contributed by atoms with Gasteiger partial charge in [-0.1, -0.05) is 37.6 Å². The topological polar surface area (TPSA) is 35.5 Å². The Morgan fingerprint density at radius 3 is 2.05 bits per heavy atom. The van der Waals surface area contributed by atoms with Crippen molar-refractivity contribution in [2.45, 2.75) is 65.1 Å². The number of carbonyl (C=O) groups is 1. The van der Waals surface area contributed by atoms with Crippen molar-refractivity contribution in [2.75, 3.05) is 0 Å². The highest BCUT2D eigenvalue weighted by atomic mass is 16.7. The third kappa shape index (κ3) is 3.38. The van der Waals surface area contributed by atoms with Crippen LogP contribution in [0.2, 0.25) is 0 Å². The van der Waals surface area contributed by atoms with Gasteiger partial charge in [-0.05, 0) is 39.6 Å². The fraction of sp³-hybridized carbons (Fsp3) is 0.588. The summed E-state index contributed by atoms with van der Waals surface area (Å²) in [5.41, 5.74) is 1.05. The second-order valence-electron chi connectivity index (χ2n) is 6.74. The van der Waals surface area contributed by atoms with Crippen molar-refractivity contribution in [2.24, 2.45) is 0 Å². The van der Waals surface area contributed by atoms with E-state index in [9.17, 15) is 4.79 Å². The second kappa shape index (κ2) is 5.94. The molecule has 4 heteroatoms. The molecular formula is C17H25BO3. The Kier molecular flexibility index (Phi) is 4.59. The maximum atomic E-state index is 12.0. The molecule has 1 heterocycles. The van der Waals surface area contributed by atoms with Crippen LogP contribution in [-0.4, -0.2) is 24.1 Å². The summed E-state index contributed by atoms with van der Waals surface area (Å²) in [6.07, 6.45) is 2.60. The van der Waals surface area contributed by atoms with E-state index in [-0.39, 0.29) is 24.1 Å². The van der Waals surface area contributed by atoms with Gasteiger partial charge in [0.2, 0.25) is 0 Å². The molecule has 1 aromatic carbocycles. The summed E-state index contributed by atoms with van der Waals surface area (Å²) < 4.78 is 12.0. The molecule has 0 spiro atoms. The molecule has 21 heavy (non-hydrogen) atoms. The van der Waals surface area contributed by atoms with Gasteiger partial charge in [-0.25, -0.2) is 0 Å². The quantitative estimate of drug-likeness (QED) is 0.615. The molecule has 0 saturated carbocycles. The fourth-order valence-corrected chi connectivity index (χ4v) is 2.29. The van der Waals surface area contributed by atoms with E-state index in [1.54, 1.807) is 0 Å². The third-order valence-electron chi connectivity index (χ3n) is 4.52. The molecule has 1 aromatic rings. The Labute approximate surface area is 128 Å². The molecule has 0 unspecified atom stereocenters. The van der Waals surface area contributed by atoms with Crippen LogP contribution in [0.25, 0.3) is 0 Å². The smallest absolute Gasteiger partial charge is 0.399 e. The van der Waals surface area contributed by atoms with Gasteiger partial charge in [-0.3, -0.25) is 4.79 Å². The molecule has 0 radical (unpaired) electrons. The summed E-state index contributed by atoms with van der Waals surface area (Å²) in [7, 11) is -0.366. The summed E-state index contributed by atoms with van der Waals surface area (Å²) in [5.74, 6) is 0.206. The van der Waals surface area contributed by atoms with Gasteiger partial charge < -0.3 is 9.31 Å². The van der Waals surface area contributed by atoms with Crippen LogP contribution in [0.5, 0.6) is 0 Å². The van der Waals surface area contributed by atoms with Crippen LogP contribution in [0.3, 0.4) is 0 Å². The van der Waals surface area contributed by atoms with E-state index in [1.807, 2.05) is 52.0 Å². The number of benzene rings is 1. The number of Topliss-reactive ketones (excluding diaryl/α,β-unsaturated/α-hetero) is 1. The van der Waals surface area contributed by atoms with Crippen molar-refractivity contribution >= 4 is 18.4 Å². The Bertz CT molecular complexity index is 489. The van der Waals surface area contributed by atoms with Crippen LogP contribution in [0, 0.1) is 0 Å². The van der Waals surface area contributed by atoms with E-state index in [2.05, 4.69) is 6.92 Å². The second-order valence-corrected chi connectivity index (χ2v) is 6.74. The maximum absolute atomic E-state index is 12.0. The molecule has 0 amide bonds. The van der Waals surface area contributed by atoms with Crippen molar-refractivity contribution in [3.63, 3.8) is 0 Å². The number of unbranched alkanes of at least 4 members (excludes halogenated alkanes) is 1. The largest absolute Gasteiger partial charge is 0.494 e. The summed E-state index contributed by atoms with van der Waals surface area (Å²) in [4.78, 5) is 12.0. The molecule has 0 bridgehead atoms. The Hall–Kier alpha value is -1.13. The standard InChI is InChI=1S/C17H25BO3/c1-6-7-8-15(19)13-9-11-14(12-10-13)18-20-16(2,3)17(4,5)21-18/h9-12H,6-8H2,1-5H3. The lowest BCUT2D eigenvalue weighted by Crippen LogP contribution is -2.41. The summed E-state index contributed by atoms with van der Waals surface area (Å²) in [5, 5.41) is 0. The Balaban J connectivity index is 2.09. The minimum atomic E-state index is -0.366. The summed E-state index contributed by atoms with van der Waals surface area (Å²) in [6, 6.07) is 7.61. The molecule has 1 saturated heterocycles. The molecule has 1 aliphatic rings. The number of carbonyl (C=O) groups excluding carboxylic acids is 1. The van der Waals surface area contributed by atoms with Crippen molar-refractivity contribution in [3.8, 4) is 0 Å².